The van der Waals surface area contributed by atoms with Crippen LogP contribution in [0, 0.1) is 11.3 Å². The Hall–Kier alpha value is -1.59. The van der Waals surface area contributed by atoms with E-state index in [2.05, 4.69) is 26.1 Å². The highest BCUT2D eigenvalue weighted by molar-refractivity contribution is 5.89. The molecule has 0 bridgehead atoms. The highest BCUT2D eigenvalue weighted by atomic mass is 16.6. The predicted molar refractivity (Wildman–Crippen MR) is 96.2 cm³/mol. The lowest BCUT2D eigenvalue weighted by atomic mass is 9.80. The number of nitrogens with zero attached hydrogens (tertiary/aromatic N) is 1. The molecule has 0 spiro atoms. The largest absolute Gasteiger partial charge is 0.447 e. The molecule has 5 heteroatoms. The standard InChI is InChI=1S/C19H30N2O3/c1-13(2)17(22)19(4,5)12-20-14(3)15-6-8-16(9-7-15)21-10-11-24-18(21)23/h6-9,13-14,17,20,22H,10-12H2,1-5H3. The third-order valence-electron chi connectivity index (χ3n) is 4.76. The number of nitrogens with one attached hydrogen (secondary N) is 1. The molecule has 1 fully saturated rings. The maximum atomic E-state index is 11.6. The van der Waals surface area contributed by atoms with Crippen LogP contribution in [0.3, 0.4) is 0 Å². The van der Waals surface area contributed by atoms with Gasteiger partial charge in [0.25, 0.3) is 0 Å². The smallest absolute Gasteiger partial charge is 0.414 e. The van der Waals surface area contributed by atoms with Gasteiger partial charge in [-0.1, -0.05) is 39.8 Å². The molecule has 1 heterocycles. The summed E-state index contributed by atoms with van der Waals surface area (Å²) in [5.74, 6) is 0.233. The number of rotatable bonds is 7. The summed E-state index contributed by atoms with van der Waals surface area (Å²) >= 11 is 0. The van der Waals surface area contributed by atoms with Crippen LogP contribution < -0.4 is 10.2 Å². The third kappa shape index (κ3) is 4.28. The fraction of sp³-hybridized carbons (Fsp3) is 0.632. The minimum absolute atomic E-state index is 0.170. The maximum Gasteiger partial charge on any atom is 0.414 e. The van der Waals surface area contributed by atoms with Gasteiger partial charge >= 0.3 is 6.09 Å². The van der Waals surface area contributed by atoms with E-state index >= 15 is 0 Å². The van der Waals surface area contributed by atoms with E-state index in [-0.39, 0.29) is 29.6 Å². The van der Waals surface area contributed by atoms with E-state index < -0.39 is 0 Å². The maximum absolute atomic E-state index is 11.6. The second-order valence-corrected chi connectivity index (χ2v) is 7.64. The summed E-state index contributed by atoms with van der Waals surface area (Å²) in [5.41, 5.74) is 1.83. The van der Waals surface area contributed by atoms with Crippen LogP contribution in [0.15, 0.2) is 24.3 Å². The van der Waals surface area contributed by atoms with E-state index in [0.717, 1.165) is 17.8 Å². The molecule has 1 saturated heterocycles. The molecule has 0 aromatic heterocycles. The molecule has 2 rings (SSSR count). The van der Waals surface area contributed by atoms with Crippen molar-refractivity contribution in [1.82, 2.24) is 5.32 Å². The van der Waals surface area contributed by atoms with Gasteiger partial charge in [-0.05, 0) is 30.5 Å². The highest BCUT2D eigenvalue weighted by Crippen LogP contribution is 2.27. The van der Waals surface area contributed by atoms with Crippen molar-refractivity contribution in [3.05, 3.63) is 29.8 Å². The molecule has 1 aromatic carbocycles. The number of hydrogen-bond donors (Lipinski definition) is 2. The topological polar surface area (TPSA) is 61.8 Å². The molecule has 1 amide bonds. The Kier molecular flexibility index (Phi) is 5.88. The molecular formula is C19H30N2O3. The minimum Gasteiger partial charge on any atom is -0.447 e. The van der Waals surface area contributed by atoms with Gasteiger partial charge in [0.15, 0.2) is 0 Å². The molecule has 0 aliphatic carbocycles. The molecule has 134 valence electrons. The first-order chi connectivity index (χ1) is 11.2. The first-order valence-electron chi connectivity index (χ1n) is 8.68. The zero-order valence-electron chi connectivity index (χ0n) is 15.4. The van der Waals surface area contributed by atoms with Gasteiger partial charge in [-0.2, -0.15) is 0 Å². The summed E-state index contributed by atoms with van der Waals surface area (Å²) in [6.07, 6.45) is -0.626. The number of cyclic esters (lactones) is 1. The quantitative estimate of drug-likeness (QED) is 0.803. The number of carbonyl (C=O) groups is 1. The summed E-state index contributed by atoms with van der Waals surface area (Å²) in [5, 5.41) is 13.8. The second kappa shape index (κ2) is 7.53. The zero-order valence-corrected chi connectivity index (χ0v) is 15.4. The Morgan fingerprint density at radius 1 is 1.25 bits per heavy atom. The van der Waals surface area contributed by atoms with Crippen LogP contribution in [-0.4, -0.2) is 37.0 Å². The molecular weight excluding hydrogens is 304 g/mol. The van der Waals surface area contributed by atoms with Gasteiger partial charge in [-0.3, -0.25) is 4.90 Å². The van der Waals surface area contributed by atoms with E-state index in [1.165, 1.54) is 0 Å². The van der Waals surface area contributed by atoms with E-state index in [4.69, 9.17) is 4.74 Å². The van der Waals surface area contributed by atoms with E-state index in [0.29, 0.717) is 13.2 Å². The molecule has 2 N–H and O–H groups in total. The van der Waals surface area contributed by atoms with Crippen molar-refractivity contribution in [3.8, 4) is 0 Å². The molecule has 2 atom stereocenters. The molecule has 0 saturated carbocycles. The van der Waals surface area contributed by atoms with E-state index in [1.807, 2.05) is 38.1 Å². The molecule has 5 nitrogen and oxygen atoms in total. The van der Waals surface area contributed by atoms with Crippen molar-refractivity contribution < 1.29 is 14.6 Å². The van der Waals surface area contributed by atoms with Gasteiger partial charge in [0.05, 0.1) is 12.6 Å². The van der Waals surface area contributed by atoms with Crippen molar-refractivity contribution >= 4 is 11.8 Å². The fourth-order valence-electron chi connectivity index (χ4n) is 3.11. The molecule has 24 heavy (non-hydrogen) atoms. The number of benzene rings is 1. The van der Waals surface area contributed by atoms with Crippen LogP contribution in [0.2, 0.25) is 0 Å². The molecule has 0 radical (unpaired) electrons. The zero-order chi connectivity index (χ0) is 17.9. The molecule has 1 aliphatic heterocycles. The monoisotopic (exact) mass is 334 g/mol. The third-order valence-corrected chi connectivity index (χ3v) is 4.76. The Labute approximate surface area is 145 Å². The number of aliphatic hydroxyl groups is 1. The fourth-order valence-corrected chi connectivity index (χ4v) is 3.11. The van der Waals surface area contributed by atoms with Gasteiger partial charge in [0.2, 0.25) is 0 Å². The number of carbonyl (C=O) groups excluding carboxylic acids is 1. The normalized spacial score (nSPS) is 18.0. The molecule has 1 aliphatic rings. The summed E-state index contributed by atoms with van der Waals surface area (Å²) in [6.45, 7) is 12.1. The van der Waals surface area contributed by atoms with Crippen molar-refractivity contribution in [1.29, 1.82) is 0 Å². The van der Waals surface area contributed by atoms with Gasteiger partial charge < -0.3 is 15.2 Å². The van der Waals surface area contributed by atoms with Gasteiger partial charge in [0, 0.05) is 23.7 Å². The van der Waals surface area contributed by atoms with Crippen LogP contribution in [0.5, 0.6) is 0 Å². The number of ether oxygens (including phenoxy) is 1. The lowest BCUT2D eigenvalue weighted by Crippen LogP contribution is -2.42. The van der Waals surface area contributed by atoms with Crippen LogP contribution in [0.25, 0.3) is 0 Å². The van der Waals surface area contributed by atoms with Crippen molar-refractivity contribution in [2.75, 3.05) is 24.6 Å². The van der Waals surface area contributed by atoms with E-state index in [9.17, 15) is 9.90 Å². The molecule has 1 aromatic rings. The number of hydrogen-bond acceptors (Lipinski definition) is 4. The van der Waals surface area contributed by atoms with Crippen molar-refractivity contribution in [3.63, 3.8) is 0 Å². The second-order valence-electron chi connectivity index (χ2n) is 7.64. The predicted octanol–water partition coefficient (Wildman–Crippen LogP) is 3.34. The Balaban J connectivity index is 1.95. The average Bonchev–Trinajstić information content (AvgIpc) is 2.98. The van der Waals surface area contributed by atoms with Crippen LogP contribution in [-0.2, 0) is 4.74 Å². The average molecular weight is 334 g/mol. The summed E-state index contributed by atoms with van der Waals surface area (Å²) in [6, 6.07) is 8.14. The lowest BCUT2D eigenvalue weighted by Gasteiger charge is -2.34. The Morgan fingerprint density at radius 2 is 1.88 bits per heavy atom. The SMILES string of the molecule is CC(NCC(C)(C)C(O)C(C)C)c1ccc(N2CCOC2=O)cc1. The van der Waals surface area contributed by atoms with Crippen molar-refractivity contribution in [2.24, 2.45) is 11.3 Å². The summed E-state index contributed by atoms with van der Waals surface area (Å²) in [4.78, 5) is 13.2. The van der Waals surface area contributed by atoms with Crippen LogP contribution in [0.1, 0.15) is 46.2 Å². The van der Waals surface area contributed by atoms with Gasteiger partial charge in [-0.25, -0.2) is 4.79 Å². The molecule has 2 unspecified atom stereocenters. The number of amides is 1. The highest BCUT2D eigenvalue weighted by Gasteiger charge is 2.30. The lowest BCUT2D eigenvalue weighted by molar-refractivity contribution is 0.0124. The summed E-state index contributed by atoms with van der Waals surface area (Å²) < 4.78 is 4.97. The first kappa shape index (κ1) is 18.7. The van der Waals surface area contributed by atoms with Crippen molar-refractivity contribution in [2.45, 2.75) is 46.8 Å². The van der Waals surface area contributed by atoms with Crippen LogP contribution >= 0.6 is 0 Å². The van der Waals surface area contributed by atoms with Crippen LogP contribution in [0.4, 0.5) is 10.5 Å². The Bertz CT molecular complexity index is 554. The Morgan fingerprint density at radius 3 is 2.38 bits per heavy atom. The number of anilines is 1. The van der Waals surface area contributed by atoms with Gasteiger partial charge in [0.1, 0.15) is 6.61 Å². The number of aliphatic hydroxyl groups excluding tert-OH is 1. The van der Waals surface area contributed by atoms with Gasteiger partial charge in [-0.15, -0.1) is 0 Å². The van der Waals surface area contributed by atoms with E-state index in [1.54, 1.807) is 4.90 Å². The first-order valence-corrected chi connectivity index (χ1v) is 8.68. The summed E-state index contributed by atoms with van der Waals surface area (Å²) in [7, 11) is 0. The minimum atomic E-state index is -0.347.